The smallest absolute Gasteiger partial charge is 0.311 e. The van der Waals surface area contributed by atoms with Crippen LogP contribution < -0.4 is 0 Å². The molecule has 0 aliphatic carbocycles. The van der Waals surface area contributed by atoms with E-state index in [0.29, 0.717) is 6.61 Å². The lowest BCUT2D eigenvalue weighted by molar-refractivity contribution is -0.164. The zero-order valence-corrected chi connectivity index (χ0v) is 24.9. The van der Waals surface area contributed by atoms with E-state index in [2.05, 4.69) is 67.8 Å². The van der Waals surface area contributed by atoms with E-state index in [0.717, 1.165) is 16.3 Å². The molecular formula is C22H27I3O7. The van der Waals surface area contributed by atoms with Crippen molar-refractivity contribution in [2.24, 2.45) is 10.8 Å². The molecule has 1 heterocycles. The molecule has 0 saturated carbocycles. The minimum atomic E-state index is -0.907. The Balaban J connectivity index is 1.76. The Bertz CT molecular complexity index is 840. The predicted molar refractivity (Wildman–Crippen MR) is 143 cm³/mol. The molecule has 1 fully saturated rings. The van der Waals surface area contributed by atoms with Crippen LogP contribution in [0.4, 0.5) is 0 Å². The van der Waals surface area contributed by atoms with Crippen LogP contribution in [0.2, 0.25) is 0 Å². The SMILES string of the molecule is CC(C)(CC(C)(C)C(=O)OCC1CO1)C(=O)OCCOC(=O)Cc1c(I)cc(I)cc1I. The highest BCUT2D eigenvalue weighted by molar-refractivity contribution is 14.1. The first-order valence-corrected chi connectivity index (χ1v) is 13.3. The Kier molecular flexibility index (Phi) is 10.5. The zero-order chi connectivity index (χ0) is 24.1. The number of ether oxygens (including phenoxy) is 4. The lowest BCUT2D eigenvalue weighted by Crippen LogP contribution is -2.37. The van der Waals surface area contributed by atoms with Crippen LogP contribution in [0.3, 0.4) is 0 Å². The number of carbonyl (C=O) groups is 3. The summed E-state index contributed by atoms with van der Waals surface area (Å²) in [7, 11) is 0. The number of epoxide rings is 1. The molecule has 0 aromatic heterocycles. The van der Waals surface area contributed by atoms with Gasteiger partial charge in [0.25, 0.3) is 0 Å². The molecular weight excluding hydrogens is 757 g/mol. The number of hydrogen-bond acceptors (Lipinski definition) is 7. The van der Waals surface area contributed by atoms with Crippen molar-refractivity contribution in [1.82, 2.24) is 0 Å². The van der Waals surface area contributed by atoms with E-state index >= 15 is 0 Å². The fraction of sp³-hybridized carbons (Fsp3) is 0.591. The van der Waals surface area contributed by atoms with E-state index in [9.17, 15) is 14.4 Å². The first kappa shape index (κ1) is 28.0. The van der Waals surface area contributed by atoms with Gasteiger partial charge in [0.2, 0.25) is 0 Å². The van der Waals surface area contributed by atoms with Gasteiger partial charge >= 0.3 is 17.9 Å². The Morgan fingerprint density at radius 3 is 1.97 bits per heavy atom. The van der Waals surface area contributed by atoms with Gasteiger partial charge in [-0.05, 0) is 120 Å². The van der Waals surface area contributed by atoms with Gasteiger partial charge in [-0.3, -0.25) is 14.4 Å². The highest BCUT2D eigenvalue weighted by Gasteiger charge is 2.41. The molecule has 0 spiro atoms. The molecule has 2 rings (SSSR count). The summed E-state index contributed by atoms with van der Waals surface area (Å²) < 4.78 is 24.0. The van der Waals surface area contributed by atoms with Gasteiger partial charge in [-0.2, -0.15) is 0 Å². The second-order valence-electron chi connectivity index (χ2n) is 8.88. The molecule has 0 bridgehead atoms. The molecule has 178 valence electrons. The first-order valence-electron chi connectivity index (χ1n) is 10.1. The van der Waals surface area contributed by atoms with Gasteiger partial charge in [0, 0.05) is 10.7 Å². The summed E-state index contributed by atoms with van der Waals surface area (Å²) in [5, 5.41) is 0. The van der Waals surface area contributed by atoms with E-state index in [1.807, 2.05) is 12.1 Å². The Labute approximate surface area is 229 Å². The fourth-order valence-corrected chi connectivity index (χ4v) is 7.16. The molecule has 7 nitrogen and oxygen atoms in total. The summed E-state index contributed by atoms with van der Waals surface area (Å²) >= 11 is 6.65. The second kappa shape index (κ2) is 12.0. The summed E-state index contributed by atoms with van der Waals surface area (Å²) in [6.45, 7) is 7.71. The predicted octanol–water partition coefficient (Wildman–Crippen LogP) is 4.51. The minimum absolute atomic E-state index is 0.00647. The van der Waals surface area contributed by atoms with E-state index in [1.54, 1.807) is 27.7 Å². The van der Waals surface area contributed by atoms with Gasteiger partial charge in [-0.15, -0.1) is 0 Å². The molecule has 1 aliphatic rings. The van der Waals surface area contributed by atoms with Crippen molar-refractivity contribution in [2.45, 2.75) is 46.6 Å². The monoisotopic (exact) mass is 784 g/mol. The number of esters is 3. The Hall–Kier alpha value is -0.220. The summed E-state index contributed by atoms with van der Waals surface area (Å²) in [5.41, 5.74) is -0.834. The summed E-state index contributed by atoms with van der Waals surface area (Å²) in [4.78, 5) is 37.1. The van der Waals surface area contributed by atoms with Gasteiger partial charge < -0.3 is 18.9 Å². The van der Waals surface area contributed by atoms with Crippen LogP contribution in [-0.2, 0) is 39.8 Å². The zero-order valence-electron chi connectivity index (χ0n) is 18.5. The van der Waals surface area contributed by atoms with Crippen molar-refractivity contribution < 1.29 is 33.3 Å². The van der Waals surface area contributed by atoms with Crippen LogP contribution in [0.25, 0.3) is 0 Å². The standard InChI is InChI=1S/C22H27I3O7/c1-21(2,12-22(3,4)20(28)32-11-14-10-31-14)19(27)30-6-5-29-18(26)9-15-16(24)7-13(23)8-17(15)25/h7-8,14H,5-6,9-12H2,1-4H3. The van der Waals surface area contributed by atoms with Crippen LogP contribution in [0.5, 0.6) is 0 Å². The number of rotatable bonds is 11. The average Bonchev–Trinajstić information content (AvgIpc) is 3.49. The second-order valence-corrected chi connectivity index (χ2v) is 12.4. The molecule has 1 aromatic carbocycles. The highest BCUT2D eigenvalue weighted by atomic mass is 127. The molecule has 10 heteroatoms. The molecule has 0 radical (unpaired) electrons. The van der Waals surface area contributed by atoms with Crippen LogP contribution in [0, 0.1) is 21.5 Å². The maximum Gasteiger partial charge on any atom is 0.311 e. The lowest BCUT2D eigenvalue weighted by atomic mass is 9.75. The van der Waals surface area contributed by atoms with E-state index in [-0.39, 0.29) is 50.7 Å². The van der Waals surface area contributed by atoms with Crippen LogP contribution in [0.15, 0.2) is 12.1 Å². The number of benzene rings is 1. The van der Waals surface area contributed by atoms with Gasteiger partial charge in [0.15, 0.2) is 0 Å². The van der Waals surface area contributed by atoms with Crippen molar-refractivity contribution in [1.29, 1.82) is 0 Å². The number of carbonyl (C=O) groups excluding carboxylic acids is 3. The maximum atomic E-state index is 12.6. The van der Waals surface area contributed by atoms with Crippen molar-refractivity contribution in [3.05, 3.63) is 28.4 Å². The number of halogens is 3. The minimum Gasteiger partial charge on any atom is -0.462 e. The molecule has 1 aromatic rings. The average molecular weight is 784 g/mol. The molecule has 1 aliphatic heterocycles. The van der Waals surface area contributed by atoms with Gasteiger partial charge in [-0.25, -0.2) is 0 Å². The fourth-order valence-electron chi connectivity index (χ4n) is 3.20. The summed E-state index contributed by atoms with van der Waals surface area (Å²) in [6, 6.07) is 4.01. The summed E-state index contributed by atoms with van der Waals surface area (Å²) in [6.07, 6.45) is 0.412. The lowest BCUT2D eigenvalue weighted by Gasteiger charge is -2.31. The third-order valence-electron chi connectivity index (χ3n) is 4.80. The molecule has 0 N–H and O–H groups in total. The van der Waals surface area contributed by atoms with Crippen molar-refractivity contribution >= 4 is 85.7 Å². The molecule has 1 saturated heterocycles. The largest absolute Gasteiger partial charge is 0.462 e. The van der Waals surface area contributed by atoms with E-state index in [1.165, 1.54) is 0 Å². The normalized spacial score (nSPS) is 15.8. The Morgan fingerprint density at radius 2 is 1.44 bits per heavy atom. The number of hydrogen-bond donors (Lipinski definition) is 0. The summed E-state index contributed by atoms with van der Waals surface area (Å²) in [5.74, 6) is -1.20. The van der Waals surface area contributed by atoms with Crippen LogP contribution >= 0.6 is 67.8 Å². The van der Waals surface area contributed by atoms with Crippen molar-refractivity contribution in [3.63, 3.8) is 0 Å². The third-order valence-corrected chi connectivity index (χ3v) is 7.35. The van der Waals surface area contributed by atoms with Gasteiger partial charge in [0.1, 0.15) is 25.9 Å². The topological polar surface area (TPSA) is 91.4 Å². The maximum absolute atomic E-state index is 12.6. The van der Waals surface area contributed by atoms with Crippen LogP contribution in [-0.4, -0.2) is 50.4 Å². The highest BCUT2D eigenvalue weighted by Crippen LogP contribution is 2.36. The third kappa shape index (κ3) is 8.85. The van der Waals surface area contributed by atoms with Gasteiger partial charge in [-0.1, -0.05) is 0 Å². The van der Waals surface area contributed by atoms with Crippen LogP contribution in [0.1, 0.15) is 39.7 Å². The van der Waals surface area contributed by atoms with E-state index in [4.69, 9.17) is 18.9 Å². The Morgan fingerprint density at radius 1 is 0.938 bits per heavy atom. The van der Waals surface area contributed by atoms with E-state index < -0.39 is 16.8 Å². The quantitative estimate of drug-likeness (QED) is 0.107. The molecule has 32 heavy (non-hydrogen) atoms. The molecule has 0 amide bonds. The van der Waals surface area contributed by atoms with Crippen molar-refractivity contribution in [3.8, 4) is 0 Å². The van der Waals surface area contributed by atoms with Gasteiger partial charge in [0.05, 0.1) is 23.9 Å². The molecule has 1 unspecified atom stereocenters. The van der Waals surface area contributed by atoms with Crippen molar-refractivity contribution in [2.75, 3.05) is 26.4 Å². The molecule has 1 atom stereocenters. The first-order chi connectivity index (χ1) is 14.8.